The van der Waals surface area contributed by atoms with E-state index in [0.29, 0.717) is 0 Å². The molecule has 0 aliphatic heterocycles. The van der Waals surface area contributed by atoms with Gasteiger partial charge in [0.1, 0.15) is 0 Å². The average molecular weight is 222 g/mol. The molecule has 80 valence electrons. The minimum atomic E-state index is -1.87. The molecule has 0 aromatic carbocycles. The van der Waals surface area contributed by atoms with E-state index in [-0.39, 0.29) is 0 Å². The molecule has 0 aromatic rings. The van der Waals surface area contributed by atoms with Crippen LogP contribution in [0.25, 0.3) is 0 Å². The van der Waals surface area contributed by atoms with Crippen molar-refractivity contribution in [1.29, 1.82) is 0 Å². The molecule has 0 radical (unpaired) electrons. The lowest BCUT2D eigenvalue weighted by Gasteiger charge is -2.27. The van der Waals surface area contributed by atoms with Gasteiger partial charge in [0.05, 0.1) is 0 Å². The molecule has 0 aliphatic rings. The lowest BCUT2D eigenvalue weighted by Crippen LogP contribution is -2.39. The Morgan fingerprint density at radius 2 is 1.23 bits per heavy atom. The molecule has 3 nitrogen and oxygen atoms in total. The minimum absolute atomic E-state index is 1.02. The van der Waals surface area contributed by atoms with E-state index in [2.05, 4.69) is 19.6 Å². The van der Waals surface area contributed by atoms with Gasteiger partial charge >= 0.3 is 8.56 Å². The van der Waals surface area contributed by atoms with Crippen LogP contribution in [0.4, 0.5) is 0 Å². The van der Waals surface area contributed by atoms with Crippen LogP contribution in [0.2, 0.25) is 31.7 Å². The fourth-order valence-corrected chi connectivity index (χ4v) is 5.92. The average Bonchev–Trinajstić information content (AvgIpc) is 2.14. The number of rotatable bonds is 6. The van der Waals surface area contributed by atoms with Gasteiger partial charge in [-0.05, 0) is 31.7 Å². The van der Waals surface area contributed by atoms with Gasteiger partial charge in [-0.3, -0.25) is 0 Å². The molecule has 0 rings (SSSR count). The van der Waals surface area contributed by atoms with Crippen LogP contribution in [0, 0.1) is 0 Å². The molecule has 0 aliphatic carbocycles. The third-order valence-corrected chi connectivity index (χ3v) is 8.54. The van der Waals surface area contributed by atoms with Crippen LogP contribution >= 0.6 is 0 Å². The van der Waals surface area contributed by atoms with Crippen LogP contribution in [0.5, 0.6) is 0 Å². The maximum Gasteiger partial charge on any atom is 0.334 e. The summed E-state index contributed by atoms with van der Waals surface area (Å²) < 4.78 is 16.3. The third kappa shape index (κ3) is 4.92. The second-order valence-electron chi connectivity index (χ2n) is 4.01. The number of hydrogen-bond acceptors (Lipinski definition) is 3. The van der Waals surface area contributed by atoms with Gasteiger partial charge in [-0.15, -0.1) is 0 Å². The van der Waals surface area contributed by atoms with Crippen LogP contribution in [-0.4, -0.2) is 38.2 Å². The van der Waals surface area contributed by atoms with Crippen LogP contribution in [0.1, 0.15) is 0 Å². The molecular weight excluding hydrogens is 200 g/mol. The molecule has 13 heavy (non-hydrogen) atoms. The van der Waals surface area contributed by atoms with E-state index >= 15 is 0 Å². The van der Waals surface area contributed by atoms with E-state index in [1.165, 1.54) is 0 Å². The highest BCUT2D eigenvalue weighted by atomic mass is 28.4. The summed E-state index contributed by atoms with van der Waals surface area (Å²) in [5.41, 5.74) is 0. The molecule has 0 saturated heterocycles. The van der Waals surface area contributed by atoms with Crippen molar-refractivity contribution in [2.24, 2.45) is 0 Å². The SMILES string of the molecule is CO[Si](C)(C)CC[Si](C)(OC)OC. The van der Waals surface area contributed by atoms with Crippen LogP contribution in [0.3, 0.4) is 0 Å². The summed E-state index contributed by atoms with van der Waals surface area (Å²) in [5, 5.41) is 0. The van der Waals surface area contributed by atoms with Gasteiger partial charge in [0, 0.05) is 21.3 Å². The van der Waals surface area contributed by atoms with Gasteiger partial charge in [0.15, 0.2) is 8.32 Å². The van der Waals surface area contributed by atoms with Crippen LogP contribution < -0.4 is 0 Å². The maximum absolute atomic E-state index is 5.47. The van der Waals surface area contributed by atoms with E-state index in [9.17, 15) is 0 Å². The largest absolute Gasteiger partial charge is 0.420 e. The normalized spacial score (nSPS) is 13.4. The Kier molecular flexibility index (Phi) is 5.38. The van der Waals surface area contributed by atoms with E-state index in [0.717, 1.165) is 12.1 Å². The fraction of sp³-hybridized carbons (Fsp3) is 1.00. The summed E-state index contributed by atoms with van der Waals surface area (Å²) in [6, 6.07) is 2.13. The van der Waals surface area contributed by atoms with Crippen LogP contribution in [0.15, 0.2) is 0 Å². The lowest BCUT2D eigenvalue weighted by molar-refractivity contribution is 0.250. The topological polar surface area (TPSA) is 27.7 Å². The van der Waals surface area contributed by atoms with Gasteiger partial charge < -0.3 is 13.3 Å². The molecular formula is C8H22O3Si2. The predicted molar refractivity (Wildman–Crippen MR) is 59.7 cm³/mol. The highest BCUT2D eigenvalue weighted by Gasteiger charge is 2.32. The molecule has 0 unspecified atom stereocenters. The van der Waals surface area contributed by atoms with Crippen LogP contribution in [-0.2, 0) is 13.3 Å². The minimum Gasteiger partial charge on any atom is -0.420 e. The summed E-state index contributed by atoms with van der Waals surface area (Å²) in [7, 11) is 1.95. The first kappa shape index (κ1) is 13.3. The van der Waals surface area contributed by atoms with Gasteiger partial charge in [0.25, 0.3) is 0 Å². The van der Waals surface area contributed by atoms with Crippen molar-refractivity contribution in [3.05, 3.63) is 0 Å². The Hall–Kier alpha value is 0.314. The van der Waals surface area contributed by atoms with Gasteiger partial charge in [-0.25, -0.2) is 0 Å². The molecule has 0 saturated carbocycles. The monoisotopic (exact) mass is 222 g/mol. The van der Waals surface area contributed by atoms with E-state index < -0.39 is 16.9 Å². The molecule has 0 bridgehead atoms. The van der Waals surface area contributed by atoms with Crippen molar-refractivity contribution in [2.45, 2.75) is 31.7 Å². The predicted octanol–water partition coefficient (Wildman–Crippen LogP) is 2.20. The Morgan fingerprint density at radius 1 is 0.769 bits per heavy atom. The molecule has 0 N–H and O–H groups in total. The summed E-state index contributed by atoms with van der Waals surface area (Å²) in [5.74, 6) is 0. The second-order valence-corrected chi connectivity index (χ2v) is 12.0. The van der Waals surface area contributed by atoms with Crippen molar-refractivity contribution in [1.82, 2.24) is 0 Å². The molecule has 0 amide bonds. The zero-order valence-electron chi connectivity index (χ0n) is 9.64. The van der Waals surface area contributed by atoms with Crippen molar-refractivity contribution in [3.63, 3.8) is 0 Å². The van der Waals surface area contributed by atoms with E-state index in [4.69, 9.17) is 13.3 Å². The zero-order valence-corrected chi connectivity index (χ0v) is 11.6. The van der Waals surface area contributed by atoms with Crippen molar-refractivity contribution in [2.75, 3.05) is 21.3 Å². The molecule has 0 fully saturated rings. The molecule has 5 heteroatoms. The smallest absolute Gasteiger partial charge is 0.334 e. The third-order valence-electron chi connectivity index (χ3n) is 2.60. The zero-order chi connectivity index (χ0) is 10.5. The fourth-order valence-electron chi connectivity index (χ4n) is 0.918. The molecule has 0 atom stereocenters. The Balaban J connectivity index is 3.99. The summed E-state index contributed by atoms with van der Waals surface area (Å²) in [6.07, 6.45) is 0. The lowest BCUT2D eigenvalue weighted by atomic mass is 10.9. The Bertz CT molecular complexity index is 146. The Morgan fingerprint density at radius 3 is 1.54 bits per heavy atom. The summed E-state index contributed by atoms with van der Waals surface area (Å²) >= 11 is 0. The van der Waals surface area contributed by atoms with Gasteiger partial charge in [-0.1, -0.05) is 0 Å². The first-order chi connectivity index (χ1) is 5.89. The van der Waals surface area contributed by atoms with E-state index in [1.807, 2.05) is 0 Å². The van der Waals surface area contributed by atoms with Gasteiger partial charge in [-0.2, -0.15) is 0 Å². The number of hydrogen-bond donors (Lipinski definition) is 0. The molecule has 0 heterocycles. The Labute approximate surface area is 83.8 Å². The van der Waals surface area contributed by atoms with E-state index in [1.54, 1.807) is 21.3 Å². The maximum atomic E-state index is 5.47. The summed E-state index contributed by atoms with van der Waals surface area (Å²) in [6.45, 7) is 6.52. The quantitative estimate of drug-likeness (QED) is 0.645. The highest BCUT2D eigenvalue weighted by Crippen LogP contribution is 2.21. The first-order valence-electron chi connectivity index (χ1n) is 4.54. The first-order valence-corrected chi connectivity index (χ1v) is 10.2. The second kappa shape index (κ2) is 5.26. The van der Waals surface area contributed by atoms with Crippen molar-refractivity contribution >= 4 is 16.9 Å². The van der Waals surface area contributed by atoms with Crippen molar-refractivity contribution < 1.29 is 13.3 Å². The van der Waals surface area contributed by atoms with Crippen molar-refractivity contribution in [3.8, 4) is 0 Å². The van der Waals surface area contributed by atoms with Gasteiger partial charge in [0.2, 0.25) is 0 Å². The standard InChI is InChI=1S/C8H22O3Si2/c1-9-12(4,5)7-8-13(6,10-2)11-3/h7-8H2,1-6H3. The summed E-state index contributed by atoms with van der Waals surface area (Å²) in [4.78, 5) is 0. The highest BCUT2D eigenvalue weighted by molar-refractivity contribution is 6.74. The molecule has 0 aromatic heterocycles. The molecule has 0 spiro atoms.